The normalized spacial score (nSPS) is 10.8. The molecule has 0 saturated heterocycles. The van der Waals surface area contributed by atoms with Crippen molar-refractivity contribution in [1.82, 2.24) is 9.78 Å². The lowest BCUT2D eigenvalue weighted by Gasteiger charge is -2.09. The molecule has 1 N–H and O–H groups in total. The van der Waals surface area contributed by atoms with Gasteiger partial charge in [-0.1, -0.05) is 30.3 Å². The van der Waals surface area contributed by atoms with Crippen molar-refractivity contribution < 1.29 is 23.2 Å². The van der Waals surface area contributed by atoms with Gasteiger partial charge >= 0.3 is 11.7 Å². The number of carbonyl (C=O) groups is 2. The summed E-state index contributed by atoms with van der Waals surface area (Å²) in [5.41, 5.74) is 1.81. The number of benzene rings is 1. The van der Waals surface area contributed by atoms with E-state index in [0.717, 1.165) is 15.1 Å². The third kappa shape index (κ3) is 4.26. The zero-order valence-electron chi connectivity index (χ0n) is 17.3. The van der Waals surface area contributed by atoms with Crippen LogP contribution in [0.15, 0.2) is 62.4 Å². The Morgan fingerprint density at radius 2 is 1.97 bits per heavy atom. The van der Waals surface area contributed by atoms with Crippen molar-refractivity contribution in [3.05, 3.63) is 69.7 Å². The molecule has 1 amide bonds. The molecule has 0 fully saturated rings. The van der Waals surface area contributed by atoms with E-state index in [2.05, 4.69) is 10.4 Å². The second-order valence-electron chi connectivity index (χ2n) is 6.68. The van der Waals surface area contributed by atoms with Crippen LogP contribution < -0.4 is 11.1 Å². The van der Waals surface area contributed by atoms with Gasteiger partial charge < -0.3 is 18.9 Å². The van der Waals surface area contributed by atoms with Crippen LogP contribution in [0.3, 0.4) is 0 Å². The summed E-state index contributed by atoms with van der Waals surface area (Å²) in [6.45, 7) is 3.37. The highest BCUT2D eigenvalue weighted by atomic mass is 32.1. The maximum absolute atomic E-state index is 12.7. The Hall–Kier alpha value is -3.92. The summed E-state index contributed by atoms with van der Waals surface area (Å²) < 4.78 is 16.3. The molecule has 0 radical (unpaired) electrons. The van der Waals surface area contributed by atoms with Gasteiger partial charge in [-0.15, -0.1) is 16.4 Å². The first-order valence-corrected chi connectivity index (χ1v) is 10.6. The number of nitrogens with zero attached hydrogens (tertiary/aromatic N) is 2. The first kappa shape index (κ1) is 21.3. The quantitative estimate of drug-likeness (QED) is 0.421. The third-order valence-electron chi connectivity index (χ3n) is 4.51. The zero-order valence-corrected chi connectivity index (χ0v) is 18.1. The number of aryl methyl sites for hydroxylation is 1. The van der Waals surface area contributed by atoms with Crippen molar-refractivity contribution in [2.24, 2.45) is 0 Å². The summed E-state index contributed by atoms with van der Waals surface area (Å²) in [5, 5.41) is 7.04. The fourth-order valence-corrected chi connectivity index (χ4v) is 4.27. The molecule has 0 aliphatic rings. The van der Waals surface area contributed by atoms with Gasteiger partial charge in [-0.3, -0.25) is 4.79 Å². The number of hydrogen-bond acceptors (Lipinski definition) is 8. The van der Waals surface area contributed by atoms with Crippen molar-refractivity contribution in [2.75, 3.05) is 11.9 Å². The molecule has 0 saturated carbocycles. The number of nitrogens with one attached hydrogen (secondary N) is 1. The van der Waals surface area contributed by atoms with E-state index >= 15 is 0 Å². The Labute approximate surface area is 186 Å². The predicted octanol–water partition coefficient (Wildman–Crippen LogP) is 3.95. The van der Waals surface area contributed by atoms with Gasteiger partial charge in [0, 0.05) is 10.4 Å². The molecule has 0 spiro atoms. The van der Waals surface area contributed by atoms with Gasteiger partial charge in [0.2, 0.25) is 5.91 Å². The van der Waals surface area contributed by atoms with Gasteiger partial charge in [0.25, 0.3) is 5.89 Å². The summed E-state index contributed by atoms with van der Waals surface area (Å²) in [6.07, 6.45) is 1.42. The minimum absolute atomic E-state index is 0.0293. The van der Waals surface area contributed by atoms with E-state index in [-0.39, 0.29) is 23.8 Å². The minimum Gasteiger partial charge on any atom is -0.462 e. The topological polar surface area (TPSA) is 117 Å². The first-order valence-electron chi connectivity index (χ1n) is 9.75. The van der Waals surface area contributed by atoms with Crippen LogP contribution in [0.2, 0.25) is 0 Å². The maximum Gasteiger partial charge on any atom is 0.437 e. The molecule has 4 aromatic rings. The Kier molecular flexibility index (Phi) is 6.04. The molecule has 9 nitrogen and oxygen atoms in total. The fraction of sp³-hybridized carbons (Fsp3) is 0.182. The molecule has 10 heteroatoms. The van der Waals surface area contributed by atoms with Crippen LogP contribution in [0, 0.1) is 6.92 Å². The number of carbonyl (C=O) groups excluding carboxylic acids is 2. The van der Waals surface area contributed by atoms with E-state index in [1.165, 1.54) is 17.6 Å². The van der Waals surface area contributed by atoms with Gasteiger partial charge in [0.05, 0.1) is 12.9 Å². The molecular weight excluding hydrogens is 434 g/mol. The number of furan rings is 1. The van der Waals surface area contributed by atoms with Gasteiger partial charge in [0.15, 0.2) is 5.76 Å². The van der Waals surface area contributed by atoms with E-state index in [0.29, 0.717) is 10.6 Å². The van der Waals surface area contributed by atoms with Crippen LogP contribution in [0.5, 0.6) is 0 Å². The minimum atomic E-state index is -0.801. The van der Waals surface area contributed by atoms with E-state index in [1.807, 2.05) is 37.3 Å². The van der Waals surface area contributed by atoms with Crippen LogP contribution >= 0.6 is 11.3 Å². The molecular formula is C22H19N3O6S. The van der Waals surface area contributed by atoms with Crippen molar-refractivity contribution in [2.45, 2.75) is 20.4 Å². The number of ether oxygens (including phenoxy) is 1. The lowest BCUT2D eigenvalue weighted by Crippen LogP contribution is -2.26. The molecule has 4 rings (SSSR count). The number of anilines is 1. The number of amides is 1. The van der Waals surface area contributed by atoms with Crippen LogP contribution in [-0.4, -0.2) is 28.3 Å². The SMILES string of the molecule is CCOC(=O)c1c(NC(=O)Cn2nc(-c3ccco3)oc2=O)sc(C)c1-c1ccccc1. The van der Waals surface area contributed by atoms with E-state index in [4.69, 9.17) is 13.6 Å². The summed E-state index contributed by atoms with van der Waals surface area (Å²) in [4.78, 5) is 38.3. The Balaban J connectivity index is 1.62. The lowest BCUT2D eigenvalue weighted by atomic mass is 10.0. The Morgan fingerprint density at radius 3 is 2.66 bits per heavy atom. The lowest BCUT2D eigenvalue weighted by molar-refractivity contribution is -0.117. The van der Waals surface area contributed by atoms with Crippen molar-refractivity contribution in [1.29, 1.82) is 0 Å². The van der Waals surface area contributed by atoms with E-state index < -0.39 is 24.2 Å². The highest BCUT2D eigenvalue weighted by molar-refractivity contribution is 7.17. The number of aromatic nitrogens is 2. The highest BCUT2D eigenvalue weighted by Crippen LogP contribution is 2.40. The maximum atomic E-state index is 12.7. The summed E-state index contributed by atoms with van der Waals surface area (Å²) in [5.74, 6) is -1.64. The average molecular weight is 453 g/mol. The second-order valence-corrected chi connectivity index (χ2v) is 7.90. The van der Waals surface area contributed by atoms with Crippen LogP contribution in [0.25, 0.3) is 22.8 Å². The van der Waals surface area contributed by atoms with E-state index in [9.17, 15) is 14.4 Å². The number of hydrogen-bond donors (Lipinski definition) is 1. The molecule has 3 aromatic heterocycles. The summed E-state index contributed by atoms with van der Waals surface area (Å²) in [7, 11) is 0. The number of rotatable bonds is 7. The Morgan fingerprint density at radius 1 is 1.19 bits per heavy atom. The number of thiophene rings is 1. The zero-order chi connectivity index (χ0) is 22.7. The van der Waals surface area contributed by atoms with Crippen LogP contribution in [-0.2, 0) is 16.1 Å². The largest absolute Gasteiger partial charge is 0.462 e. The molecule has 0 atom stereocenters. The van der Waals surface area contributed by atoms with Gasteiger partial charge in [-0.2, -0.15) is 4.68 Å². The summed E-state index contributed by atoms with van der Waals surface area (Å²) >= 11 is 1.26. The molecule has 3 heterocycles. The third-order valence-corrected chi connectivity index (χ3v) is 5.53. The standard InChI is InChI=1S/C22H19N3O6S/c1-3-29-21(27)18-17(14-8-5-4-6-9-14)13(2)32-20(18)23-16(26)12-25-22(28)31-19(24-25)15-10-7-11-30-15/h4-11H,3,12H2,1-2H3,(H,23,26). The van der Waals surface area contributed by atoms with Crippen molar-refractivity contribution in [3.63, 3.8) is 0 Å². The molecule has 32 heavy (non-hydrogen) atoms. The molecule has 164 valence electrons. The van der Waals surface area contributed by atoms with E-state index in [1.54, 1.807) is 19.1 Å². The second kappa shape index (κ2) is 9.06. The monoisotopic (exact) mass is 453 g/mol. The van der Waals surface area contributed by atoms with Gasteiger partial charge in [-0.05, 0) is 31.5 Å². The first-order chi connectivity index (χ1) is 15.5. The molecule has 0 aliphatic carbocycles. The molecule has 1 aromatic carbocycles. The smallest absolute Gasteiger partial charge is 0.437 e. The Bertz CT molecular complexity index is 1300. The average Bonchev–Trinajstić information content (AvgIpc) is 3.49. The summed E-state index contributed by atoms with van der Waals surface area (Å²) in [6, 6.07) is 12.6. The van der Waals surface area contributed by atoms with Gasteiger partial charge in [0.1, 0.15) is 17.1 Å². The van der Waals surface area contributed by atoms with Crippen molar-refractivity contribution >= 4 is 28.2 Å². The highest BCUT2D eigenvalue weighted by Gasteiger charge is 2.26. The fourth-order valence-electron chi connectivity index (χ4n) is 3.19. The molecule has 0 aliphatic heterocycles. The predicted molar refractivity (Wildman–Crippen MR) is 118 cm³/mol. The van der Waals surface area contributed by atoms with Crippen LogP contribution in [0.4, 0.5) is 5.00 Å². The number of esters is 1. The molecule has 0 bridgehead atoms. The molecule has 0 unspecified atom stereocenters. The van der Waals surface area contributed by atoms with Gasteiger partial charge in [-0.25, -0.2) is 9.59 Å². The van der Waals surface area contributed by atoms with Crippen LogP contribution in [0.1, 0.15) is 22.2 Å². The van der Waals surface area contributed by atoms with Crippen molar-refractivity contribution in [3.8, 4) is 22.8 Å².